The summed E-state index contributed by atoms with van der Waals surface area (Å²) in [6.45, 7) is 4.86. The minimum absolute atomic E-state index is 0. The third-order valence-electron chi connectivity index (χ3n) is 3.27. The fourth-order valence-electron chi connectivity index (χ4n) is 2.35. The highest BCUT2D eigenvalue weighted by Gasteiger charge is 2.18. The van der Waals surface area contributed by atoms with Crippen molar-refractivity contribution in [3.05, 3.63) is 64.0 Å². The van der Waals surface area contributed by atoms with Crippen molar-refractivity contribution in [1.82, 2.24) is 4.57 Å². The Morgan fingerprint density at radius 1 is 1.32 bits per heavy atom. The Morgan fingerprint density at radius 2 is 2.09 bits per heavy atom. The van der Waals surface area contributed by atoms with Crippen molar-refractivity contribution in [2.75, 3.05) is 0 Å². The van der Waals surface area contributed by atoms with Crippen molar-refractivity contribution in [3.8, 4) is 0 Å². The van der Waals surface area contributed by atoms with Crippen LogP contribution in [0.4, 0.5) is 0 Å². The minimum Gasteiger partial charge on any atom is -1.00 e. The van der Waals surface area contributed by atoms with E-state index in [-0.39, 0.29) is 22.8 Å². The second-order valence-electron chi connectivity index (χ2n) is 4.70. The molecule has 0 aliphatic carbocycles. The van der Waals surface area contributed by atoms with Gasteiger partial charge in [-0.05, 0) is 40.2 Å². The van der Waals surface area contributed by atoms with Gasteiger partial charge in [0.1, 0.15) is 6.54 Å². The molecule has 3 nitrogen and oxygen atoms in total. The fourth-order valence-corrected chi connectivity index (χ4v) is 3.67. The van der Waals surface area contributed by atoms with E-state index >= 15 is 0 Å². The molecule has 0 aliphatic heterocycles. The van der Waals surface area contributed by atoms with Crippen molar-refractivity contribution >= 4 is 44.1 Å². The molecule has 0 atom stereocenters. The monoisotopic (exact) mass is 440 g/mol. The van der Waals surface area contributed by atoms with Crippen molar-refractivity contribution < 1.29 is 26.3 Å². The number of thiophene rings is 1. The molecule has 114 valence electrons. The summed E-state index contributed by atoms with van der Waals surface area (Å²) in [5.41, 5.74) is 2.17. The SMILES string of the molecule is C=CCn1c[n+](CC(=O)c2ccc(Br)s2)c2ccccc21.[Br-]. The standard InChI is InChI=1S/C16H14BrN2OS.BrH/c1-2-9-18-11-19(13-6-4-3-5-12(13)18)10-14(20)15-7-8-16(17)21-15;/h2-8,11H,1,9-10H2;1H/q+1;/p-1. The molecule has 0 N–H and O–H groups in total. The molecule has 22 heavy (non-hydrogen) atoms. The van der Waals surface area contributed by atoms with E-state index in [2.05, 4.69) is 33.1 Å². The van der Waals surface area contributed by atoms with E-state index in [4.69, 9.17) is 0 Å². The van der Waals surface area contributed by atoms with Crippen LogP contribution < -0.4 is 21.5 Å². The molecule has 0 unspecified atom stereocenters. The van der Waals surface area contributed by atoms with Gasteiger partial charge in [-0.25, -0.2) is 9.13 Å². The third kappa shape index (κ3) is 3.39. The number of imidazole rings is 1. The first-order valence-corrected chi connectivity index (χ1v) is 8.17. The van der Waals surface area contributed by atoms with E-state index in [1.807, 2.05) is 47.3 Å². The summed E-state index contributed by atoms with van der Waals surface area (Å²) < 4.78 is 5.07. The largest absolute Gasteiger partial charge is 1.00 e. The number of carbonyl (C=O) groups excluding carboxylic acids is 1. The van der Waals surface area contributed by atoms with Gasteiger partial charge in [0.2, 0.25) is 12.1 Å². The van der Waals surface area contributed by atoms with Gasteiger partial charge >= 0.3 is 0 Å². The maximum atomic E-state index is 12.4. The first kappa shape index (κ1) is 17.1. The van der Waals surface area contributed by atoms with Crippen LogP contribution in [0.3, 0.4) is 0 Å². The topological polar surface area (TPSA) is 25.9 Å². The van der Waals surface area contributed by atoms with E-state index in [0.717, 1.165) is 26.2 Å². The number of ketones is 1. The first-order chi connectivity index (χ1) is 10.2. The summed E-state index contributed by atoms with van der Waals surface area (Å²) in [5.74, 6) is 0.122. The summed E-state index contributed by atoms with van der Waals surface area (Å²) in [6, 6.07) is 11.9. The van der Waals surface area contributed by atoms with Crippen LogP contribution in [0.15, 0.2) is 59.2 Å². The molecular formula is C16H14Br2N2OS. The highest BCUT2D eigenvalue weighted by molar-refractivity contribution is 9.11. The number of fused-ring (bicyclic) bond motifs is 1. The molecule has 2 aromatic heterocycles. The summed E-state index contributed by atoms with van der Waals surface area (Å²) in [6.07, 6.45) is 3.84. The molecule has 0 radical (unpaired) electrons. The highest BCUT2D eigenvalue weighted by atomic mass is 79.9. The van der Waals surface area contributed by atoms with Gasteiger partial charge in [0, 0.05) is 0 Å². The van der Waals surface area contributed by atoms with Gasteiger partial charge in [0.15, 0.2) is 17.6 Å². The summed E-state index contributed by atoms with van der Waals surface area (Å²) in [7, 11) is 0. The zero-order valence-corrected chi connectivity index (χ0v) is 15.7. The number of hydrogen-bond acceptors (Lipinski definition) is 2. The molecule has 0 amide bonds. The summed E-state index contributed by atoms with van der Waals surface area (Å²) in [5, 5.41) is 0. The molecule has 0 spiro atoms. The van der Waals surface area contributed by atoms with Crippen LogP contribution in [-0.2, 0) is 13.1 Å². The normalized spacial score (nSPS) is 10.4. The minimum atomic E-state index is 0. The van der Waals surface area contributed by atoms with Crippen LogP contribution >= 0.6 is 27.3 Å². The second-order valence-corrected chi connectivity index (χ2v) is 7.16. The molecular weight excluding hydrogens is 428 g/mol. The van der Waals surface area contributed by atoms with Gasteiger partial charge < -0.3 is 17.0 Å². The maximum Gasteiger partial charge on any atom is 0.245 e. The van der Waals surface area contributed by atoms with Gasteiger partial charge in [-0.15, -0.1) is 11.3 Å². The van der Waals surface area contributed by atoms with Crippen LogP contribution in [0, 0.1) is 0 Å². The van der Waals surface area contributed by atoms with Crippen molar-refractivity contribution in [1.29, 1.82) is 0 Å². The fraction of sp³-hybridized carbons (Fsp3) is 0.125. The number of para-hydroxylation sites is 2. The van der Waals surface area contributed by atoms with Gasteiger partial charge in [-0.1, -0.05) is 24.8 Å². The molecule has 3 rings (SSSR count). The molecule has 2 heterocycles. The van der Waals surface area contributed by atoms with Gasteiger partial charge in [-0.3, -0.25) is 4.79 Å². The Hall–Kier alpha value is -1.24. The van der Waals surface area contributed by atoms with Gasteiger partial charge in [0.05, 0.1) is 8.66 Å². The molecule has 0 fully saturated rings. The zero-order valence-electron chi connectivity index (χ0n) is 11.7. The van der Waals surface area contributed by atoms with Crippen molar-refractivity contribution in [2.45, 2.75) is 13.1 Å². The lowest BCUT2D eigenvalue weighted by Gasteiger charge is -1.95. The average molecular weight is 442 g/mol. The molecule has 3 aromatic rings. The number of benzene rings is 1. The summed E-state index contributed by atoms with van der Waals surface area (Å²) in [4.78, 5) is 13.2. The third-order valence-corrected chi connectivity index (χ3v) is 4.93. The van der Waals surface area contributed by atoms with Crippen molar-refractivity contribution in [3.63, 3.8) is 0 Å². The van der Waals surface area contributed by atoms with Gasteiger partial charge in [-0.2, -0.15) is 0 Å². The lowest BCUT2D eigenvalue weighted by molar-refractivity contribution is -0.657. The first-order valence-electron chi connectivity index (χ1n) is 6.56. The second kappa shape index (κ2) is 7.35. The van der Waals surface area contributed by atoms with Crippen LogP contribution in [-0.4, -0.2) is 10.4 Å². The van der Waals surface area contributed by atoms with Crippen molar-refractivity contribution in [2.24, 2.45) is 0 Å². The van der Waals surface area contributed by atoms with Crippen LogP contribution in [0.25, 0.3) is 11.0 Å². The number of hydrogen-bond donors (Lipinski definition) is 0. The Bertz CT molecular complexity index is 823. The molecule has 1 aromatic carbocycles. The Balaban J connectivity index is 0.00000176. The number of rotatable bonds is 5. The van der Waals surface area contributed by atoms with Gasteiger partial charge in [0.25, 0.3) is 0 Å². The molecule has 0 saturated carbocycles. The summed E-state index contributed by atoms with van der Waals surface area (Å²) >= 11 is 4.86. The Kier molecular flexibility index (Phi) is 5.72. The lowest BCUT2D eigenvalue weighted by Crippen LogP contribution is -3.00. The van der Waals surface area contributed by atoms with Crippen LogP contribution in [0.2, 0.25) is 0 Å². The van der Waals surface area contributed by atoms with E-state index < -0.39 is 0 Å². The smallest absolute Gasteiger partial charge is 0.245 e. The van der Waals surface area contributed by atoms with Crippen LogP contribution in [0.1, 0.15) is 9.67 Å². The molecule has 6 heteroatoms. The lowest BCUT2D eigenvalue weighted by atomic mass is 10.3. The van der Waals surface area contributed by atoms with E-state index in [1.54, 1.807) is 0 Å². The molecule has 0 saturated heterocycles. The van der Waals surface area contributed by atoms with E-state index in [9.17, 15) is 4.79 Å². The van der Waals surface area contributed by atoms with Crippen LogP contribution in [0.5, 0.6) is 0 Å². The molecule has 0 bridgehead atoms. The number of nitrogens with zero attached hydrogens (tertiary/aromatic N) is 2. The zero-order chi connectivity index (χ0) is 14.8. The van der Waals surface area contributed by atoms with E-state index in [1.165, 1.54) is 11.3 Å². The number of aromatic nitrogens is 2. The Labute approximate surface area is 151 Å². The highest BCUT2D eigenvalue weighted by Crippen LogP contribution is 2.22. The number of Topliss-reactive ketones (excluding diaryl/α,β-unsaturated/α-hetero) is 1. The maximum absolute atomic E-state index is 12.4. The van der Waals surface area contributed by atoms with E-state index in [0.29, 0.717) is 6.54 Å². The molecule has 0 aliphatic rings. The number of allylic oxidation sites excluding steroid dienone is 1. The number of carbonyl (C=O) groups is 1. The number of halogens is 2. The Morgan fingerprint density at radius 3 is 2.77 bits per heavy atom. The predicted molar refractivity (Wildman–Crippen MR) is 88.7 cm³/mol. The predicted octanol–water partition coefficient (Wildman–Crippen LogP) is 0.826. The average Bonchev–Trinajstić information content (AvgIpc) is 3.05. The quantitative estimate of drug-likeness (QED) is 0.327.